The van der Waals surface area contributed by atoms with E-state index in [1.807, 2.05) is 6.07 Å². The fourth-order valence-corrected chi connectivity index (χ4v) is 4.80. The number of benzene rings is 2. The number of nitrogens with zero attached hydrogens (tertiary/aromatic N) is 4. The average Bonchev–Trinajstić information content (AvgIpc) is 3.22. The van der Waals surface area contributed by atoms with Crippen LogP contribution in [0.1, 0.15) is 30.0 Å². The largest absolute Gasteiger partial charge is 0.326 e. The van der Waals surface area contributed by atoms with Gasteiger partial charge in [-0.2, -0.15) is 5.26 Å². The summed E-state index contributed by atoms with van der Waals surface area (Å²) in [6, 6.07) is 17.7. The molecule has 0 bridgehead atoms. The first-order valence-electron chi connectivity index (χ1n) is 10.2. The Balaban J connectivity index is 1.24. The molecule has 30 heavy (non-hydrogen) atoms. The number of anilines is 1. The van der Waals surface area contributed by atoms with Gasteiger partial charge < -0.3 is 10.2 Å². The predicted molar refractivity (Wildman–Crippen MR) is 120 cm³/mol. The van der Waals surface area contributed by atoms with Crippen molar-refractivity contribution in [1.82, 2.24) is 14.8 Å². The standard InChI is InChI=1S/C23H25N5OS/c1-17(23-26-20-7-2-3-8-21(20)30-23)28-13-11-27(12-14-28)10-9-22(29)25-19-6-4-5-18(15-19)16-24/h2-8,15,17H,9-14H2,1H3,(H,25,29)/t17-/m0/s1. The highest BCUT2D eigenvalue weighted by atomic mass is 32.1. The average molecular weight is 420 g/mol. The van der Waals surface area contributed by atoms with Crippen molar-refractivity contribution in [2.24, 2.45) is 0 Å². The number of carbonyl (C=O) groups is 1. The Morgan fingerprint density at radius 2 is 2.00 bits per heavy atom. The molecule has 0 aliphatic carbocycles. The zero-order valence-corrected chi connectivity index (χ0v) is 17.9. The van der Waals surface area contributed by atoms with Crippen molar-refractivity contribution in [3.63, 3.8) is 0 Å². The van der Waals surface area contributed by atoms with Crippen molar-refractivity contribution < 1.29 is 4.79 Å². The lowest BCUT2D eigenvalue weighted by Gasteiger charge is -2.37. The Bertz CT molecular complexity index is 1030. The third-order valence-corrected chi connectivity index (χ3v) is 6.76. The van der Waals surface area contributed by atoms with E-state index in [1.165, 1.54) is 9.71 Å². The molecule has 6 nitrogen and oxygen atoms in total. The number of nitriles is 1. The fourth-order valence-electron chi connectivity index (χ4n) is 3.75. The molecule has 4 rings (SSSR count). The van der Waals surface area contributed by atoms with Gasteiger partial charge in [0, 0.05) is 44.8 Å². The van der Waals surface area contributed by atoms with Gasteiger partial charge in [0.2, 0.25) is 5.91 Å². The van der Waals surface area contributed by atoms with Gasteiger partial charge in [-0.05, 0) is 37.3 Å². The summed E-state index contributed by atoms with van der Waals surface area (Å²) in [5.41, 5.74) is 2.30. The second kappa shape index (κ2) is 9.35. The molecule has 0 spiro atoms. The van der Waals surface area contributed by atoms with Gasteiger partial charge in [0.15, 0.2) is 0 Å². The number of amides is 1. The van der Waals surface area contributed by atoms with Gasteiger partial charge in [-0.1, -0.05) is 18.2 Å². The topological polar surface area (TPSA) is 72.3 Å². The van der Waals surface area contributed by atoms with Crippen LogP contribution in [0.15, 0.2) is 48.5 Å². The highest BCUT2D eigenvalue weighted by Crippen LogP contribution is 2.29. The van der Waals surface area contributed by atoms with Gasteiger partial charge in [0.05, 0.1) is 27.9 Å². The molecule has 1 amide bonds. The van der Waals surface area contributed by atoms with Crippen molar-refractivity contribution in [2.45, 2.75) is 19.4 Å². The van der Waals surface area contributed by atoms with Crippen LogP contribution in [0.4, 0.5) is 5.69 Å². The minimum absolute atomic E-state index is 0.0182. The number of fused-ring (bicyclic) bond motifs is 1. The maximum atomic E-state index is 12.3. The molecule has 0 radical (unpaired) electrons. The maximum Gasteiger partial charge on any atom is 0.225 e. The van der Waals surface area contributed by atoms with Crippen LogP contribution in [0.25, 0.3) is 10.2 Å². The molecule has 1 N–H and O–H groups in total. The van der Waals surface area contributed by atoms with Crippen LogP contribution in [0.2, 0.25) is 0 Å². The summed E-state index contributed by atoms with van der Waals surface area (Å²) in [5, 5.41) is 13.0. The van der Waals surface area contributed by atoms with Crippen molar-refractivity contribution in [1.29, 1.82) is 5.26 Å². The smallest absolute Gasteiger partial charge is 0.225 e. The van der Waals surface area contributed by atoms with E-state index < -0.39 is 0 Å². The third-order valence-electron chi connectivity index (χ3n) is 5.55. The molecule has 1 fully saturated rings. The van der Waals surface area contributed by atoms with Crippen LogP contribution in [0.3, 0.4) is 0 Å². The van der Waals surface area contributed by atoms with Crippen molar-refractivity contribution in [3.05, 3.63) is 59.1 Å². The van der Waals surface area contributed by atoms with Crippen LogP contribution < -0.4 is 5.32 Å². The second-order valence-electron chi connectivity index (χ2n) is 7.56. The summed E-state index contributed by atoms with van der Waals surface area (Å²) in [6.45, 7) is 6.83. The Hall–Kier alpha value is -2.79. The molecule has 2 aromatic carbocycles. The van der Waals surface area contributed by atoms with Gasteiger partial charge in [0.1, 0.15) is 5.01 Å². The summed E-state index contributed by atoms with van der Waals surface area (Å²) >= 11 is 1.78. The van der Waals surface area contributed by atoms with Crippen molar-refractivity contribution in [2.75, 3.05) is 38.0 Å². The van der Waals surface area contributed by atoms with Crippen LogP contribution in [0, 0.1) is 11.3 Å². The quantitative estimate of drug-likeness (QED) is 0.657. The highest BCUT2D eigenvalue weighted by Gasteiger charge is 2.24. The van der Waals surface area contributed by atoms with Crippen molar-refractivity contribution >= 4 is 33.1 Å². The highest BCUT2D eigenvalue weighted by molar-refractivity contribution is 7.18. The number of aromatic nitrogens is 1. The van der Waals surface area contributed by atoms with Gasteiger partial charge in [-0.25, -0.2) is 4.98 Å². The molecule has 0 unspecified atom stereocenters. The summed E-state index contributed by atoms with van der Waals surface area (Å²) in [6.07, 6.45) is 0.449. The number of hydrogen-bond donors (Lipinski definition) is 1. The number of carbonyl (C=O) groups excluding carboxylic acids is 1. The second-order valence-corrected chi connectivity index (χ2v) is 8.63. The van der Waals surface area contributed by atoms with Gasteiger partial charge in [0.25, 0.3) is 0 Å². The molecule has 1 aromatic heterocycles. The molecule has 154 valence electrons. The number of nitrogens with one attached hydrogen (secondary N) is 1. The van der Waals surface area contributed by atoms with E-state index >= 15 is 0 Å². The third kappa shape index (κ3) is 4.85. The molecule has 1 aliphatic rings. The van der Waals surface area contributed by atoms with E-state index in [1.54, 1.807) is 35.6 Å². The summed E-state index contributed by atoms with van der Waals surface area (Å²) in [7, 11) is 0. The molecule has 1 atom stereocenters. The number of rotatable bonds is 6. The minimum atomic E-state index is -0.0182. The van der Waals surface area contributed by atoms with E-state index in [9.17, 15) is 4.79 Å². The molecule has 2 heterocycles. The molecular weight excluding hydrogens is 394 g/mol. The molecule has 7 heteroatoms. The zero-order chi connectivity index (χ0) is 20.9. The number of hydrogen-bond acceptors (Lipinski definition) is 6. The van der Waals surface area contributed by atoms with Gasteiger partial charge >= 0.3 is 0 Å². The van der Waals surface area contributed by atoms with Crippen molar-refractivity contribution in [3.8, 4) is 6.07 Å². The van der Waals surface area contributed by atoms with Crippen LogP contribution in [-0.4, -0.2) is 53.4 Å². The van der Waals surface area contributed by atoms with E-state index in [0.717, 1.165) is 38.2 Å². The monoisotopic (exact) mass is 419 g/mol. The molecule has 1 saturated heterocycles. The Labute approximate surface area is 180 Å². The first kappa shape index (κ1) is 20.5. The minimum Gasteiger partial charge on any atom is -0.326 e. The molecule has 1 aliphatic heterocycles. The summed E-state index contributed by atoms with van der Waals surface area (Å²) in [4.78, 5) is 21.9. The number of thiazole rings is 1. The van der Waals surface area contributed by atoms with E-state index in [-0.39, 0.29) is 5.91 Å². The lowest BCUT2D eigenvalue weighted by molar-refractivity contribution is -0.116. The fraction of sp³-hybridized carbons (Fsp3) is 0.348. The maximum absolute atomic E-state index is 12.3. The normalized spacial score (nSPS) is 16.3. The van der Waals surface area contributed by atoms with E-state index in [2.05, 4.69) is 46.3 Å². The van der Waals surface area contributed by atoms with Gasteiger partial charge in [-0.15, -0.1) is 11.3 Å². The predicted octanol–water partition coefficient (Wildman–Crippen LogP) is 3.88. The number of piperazine rings is 1. The SMILES string of the molecule is C[C@@H](c1nc2ccccc2s1)N1CCN(CCC(=O)Nc2cccc(C#N)c2)CC1. The van der Waals surface area contributed by atoms with Crippen LogP contribution in [0.5, 0.6) is 0 Å². The first-order chi connectivity index (χ1) is 14.6. The van der Waals surface area contributed by atoms with E-state index in [4.69, 9.17) is 10.2 Å². The zero-order valence-electron chi connectivity index (χ0n) is 17.0. The number of para-hydroxylation sites is 1. The summed E-state index contributed by atoms with van der Waals surface area (Å²) < 4.78 is 1.24. The molecule has 0 saturated carbocycles. The summed E-state index contributed by atoms with van der Waals surface area (Å²) in [5.74, 6) is -0.0182. The Kier molecular flexibility index (Phi) is 6.38. The first-order valence-corrected chi connectivity index (χ1v) is 11.1. The van der Waals surface area contributed by atoms with Crippen LogP contribution >= 0.6 is 11.3 Å². The van der Waals surface area contributed by atoms with Crippen LogP contribution in [-0.2, 0) is 4.79 Å². The lowest BCUT2D eigenvalue weighted by atomic mass is 10.2. The van der Waals surface area contributed by atoms with Gasteiger partial charge in [-0.3, -0.25) is 9.69 Å². The Morgan fingerprint density at radius 3 is 2.77 bits per heavy atom. The Morgan fingerprint density at radius 1 is 1.20 bits per heavy atom. The molecular formula is C23H25N5OS. The van der Waals surface area contributed by atoms with E-state index in [0.29, 0.717) is 23.7 Å². The molecule has 3 aromatic rings. The lowest BCUT2D eigenvalue weighted by Crippen LogP contribution is -2.47.